The van der Waals surface area contributed by atoms with Crippen LogP contribution >= 0.6 is 11.8 Å². The fourth-order valence-corrected chi connectivity index (χ4v) is 1.000. The molecule has 4 heteroatoms. The van der Waals surface area contributed by atoms with Gasteiger partial charge < -0.3 is 10.2 Å². The van der Waals surface area contributed by atoms with Crippen LogP contribution in [0.3, 0.4) is 0 Å². The first-order chi connectivity index (χ1) is 4.68. The van der Waals surface area contributed by atoms with Crippen LogP contribution in [0.2, 0.25) is 0 Å². The van der Waals surface area contributed by atoms with Crippen molar-refractivity contribution in [3.8, 4) is 0 Å². The molecule has 0 aromatic heterocycles. The second-order valence-corrected chi connectivity index (χ2v) is 2.97. The summed E-state index contributed by atoms with van der Waals surface area (Å²) in [5.74, 6) is -0.217. The van der Waals surface area contributed by atoms with Gasteiger partial charge in [0.25, 0.3) is 0 Å². The second kappa shape index (κ2) is 5.56. The van der Waals surface area contributed by atoms with Crippen LogP contribution in [0, 0.1) is 0 Å². The Labute approximate surface area is 64.4 Å². The quantitative estimate of drug-likeness (QED) is 0.583. The summed E-state index contributed by atoms with van der Waals surface area (Å²) in [5, 5.41) is 17.0. The van der Waals surface area contributed by atoms with Gasteiger partial charge in [-0.25, -0.2) is 4.79 Å². The van der Waals surface area contributed by atoms with Crippen LogP contribution in [0.5, 0.6) is 0 Å². The van der Waals surface area contributed by atoms with Gasteiger partial charge in [-0.3, -0.25) is 0 Å². The van der Waals surface area contributed by atoms with Crippen molar-refractivity contribution in [1.29, 1.82) is 0 Å². The minimum atomic E-state index is -1.17. The lowest BCUT2D eigenvalue weighted by molar-refractivity contribution is -0.146. The van der Waals surface area contributed by atoms with E-state index < -0.39 is 12.1 Å². The van der Waals surface area contributed by atoms with Gasteiger partial charge in [-0.1, -0.05) is 0 Å². The van der Waals surface area contributed by atoms with E-state index in [4.69, 9.17) is 10.2 Å². The molecule has 0 aromatic rings. The molecule has 0 aromatic carbocycles. The molecule has 0 rings (SSSR count). The predicted molar refractivity (Wildman–Crippen MR) is 41.3 cm³/mol. The normalized spacial score (nSPS) is 13.0. The Balaban J connectivity index is 3.21. The fraction of sp³-hybridized carbons (Fsp3) is 0.833. The molecule has 3 nitrogen and oxygen atoms in total. The molecule has 1 unspecified atom stereocenters. The highest BCUT2D eigenvalue weighted by Crippen LogP contribution is 2.02. The van der Waals surface area contributed by atoms with E-state index in [-0.39, 0.29) is 0 Å². The van der Waals surface area contributed by atoms with Crippen molar-refractivity contribution in [2.45, 2.75) is 18.9 Å². The van der Waals surface area contributed by atoms with E-state index in [0.717, 1.165) is 12.2 Å². The number of aliphatic carboxylic acids is 1. The van der Waals surface area contributed by atoms with Crippen LogP contribution in [0.25, 0.3) is 0 Å². The lowest BCUT2D eigenvalue weighted by Crippen LogP contribution is -2.19. The van der Waals surface area contributed by atoms with Crippen LogP contribution in [0.15, 0.2) is 0 Å². The lowest BCUT2D eigenvalue weighted by atomic mass is 10.2. The third kappa shape index (κ3) is 4.64. The maximum absolute atomic E-state index is 10.0. The van der Waals surface area contributed by atoms with E-state index >= 15 is 0 Å². The molecule has 0 fully saturated rings. The number of aliphatic hydroxyl groups excluding tert-OH is 1. The zero-order valence-corrected chi connectivity index (χ0v) is 6.73. The van der Waals surface area contributed by atoms with Crippen molar-refractivity contribution in [3.05, 3.63) is 0 Å². The predicted octanol–water partition coefficient (Wildman–Crippen LogP) is 0.575. The minimum absolute atomic E-state index is 0.357. The molecule has 0 bridgehead atoms. The highest BCUT2D eigenvalue weighted by molar-refractivity contribution is 7.98. The third-order valence-electron chi connectivity index (χ3n) is 1.11. The first kappa shape index (κ1) is 9.78. The van der Waals surface area contributed by atoms with Gasteiger partial charge in [0, 0.05) is 0 Å². The molecule has 0 spiro atoms. The number of carboxylic acid groups (broad SMARTS) is 1. The molecule has 2 N–H and O–H groups in total. The summed E-state index contributed by atoms with van der Waals surface area (Å²) in [5.41, 5.74) is 0. The van der Waals surface area contributed by atoms with Crippen molar-refractivity contribution in [1.82, 2.24) is 0 Å². The molecule has 0 amide bonds. The topological polar surface area (TPSA) is 57.5 Å². The molecular weight excluding hydrogens is 152 g/mol. The van der Waals surface area contributed by atoms with Gasteiger partial charge in [-0.15, -0.1) is 0 Å². The Morgan fingerprint density at radius 1 is 1.70 bits per heavy atom. The summed E-state index contributed by atoms with van der Waals surface area (Å²) < 4.78 is 0. The average molecular weight is 164 g/mol. The van der Waals surface area contributed by atoms with Crippen molar-refractivity contribution < 1.29 is 15.0 Å². The first-order valence-electron chi connectivity index (χ1n) is 3.08. The summed E-state index contributed by atoms with van der Waals surface area (Å²) in [6, 6.07) is 0. The van der Waals surface area contributed by atoms with Crippen molar-refractivity contribution >= 4 is 17.7 Å². The van der Waals surface area contributed by atoms with Crippen LogP contribution in [-0.2, 0) is 4.79 Å². The Hall–Kier alpha value is -0.220. The van der Waals surface area contributed by atoms with Crippen molar-refractivity contribution in [2.24, 2.45) is 0 Å². The van der Waals surface area contributed by atoms with E-state index in [1.165, 1.54) is 0 Å². The maximum Gasteiger partial charge on any atom is 0.332 e. The number of hydrogen-bond acceptors (Lipinski definition) is 3. The van der Waals surface area contributed by atoms with Crippen molar-refractivity contribution in [2.75, 3.05) is 12.0 Å². The second-order valence-electron chi connectivity index (χ2n) is 1.99. The number of thioether (sulfide) groups is 1. The van der Waals surface area contributed by atoms with E-state index in [9.17, 15) is 4.79 Å². The number of aliphatic hydroxyl groups is 1. The average Bonchev–Trinajstić information content (AvgIpc) is 1.88. The lowest BCUT2D eigenvalue weighted by Gasteiger charge is -2.02. The van der Waals surface area contributed by atoms with Crippen LogP contribution in [0.1, 0.15) is 12.8 Å². The first-order valence-corrected chi connectivity index (χ1v) is 4.47. The molecule has 0 heterocycles. The molecule has 0 aliphatic carbocycles. The molecular formula is C6H12O3S. The Kier molecular flexibility index (Phi) is 5.43. The summed E-state index contributed by atoms with van der Waals surface area (Å²) in [7, 11) is 0. The standard InChI is InChI=1S/C6H12O3S/c1-10-4-2-3-5(7)6(8)9/h5,7H,2-4H2,1H3,(H,8,9). The number of rotatable bonds is 5. The molecule has 0 aliphatic heterocycles. The minimum Gasteiger partial charge on any atom is -0.479 e. The monoisotopic (exact) mass is 164 g/mol. The smallest absolute Gasteiger partial charge is 0.332 e. The number of carbonyl (C=O) groups is 1. The number of carboxylic acids is 1. The highest BCUT2D eigenvalue weighted by atomic mass is 32.2. The number of hydrogen-bond donors (Lipinski definition) is 2. The van der Waals surface area contributed by atoms with Gasteiger partial charge in [0.1, 0.15) is 0 Å². The van der Waals surface area contributed by atoms with Gasteiger partial charge in [0.15, 0.2) is 6.10 Å². The van der Waals surface area contributed by atoms with E-state index in [1.807, 2.05) is 6.26 Å². The molecule has 60 valence electrons. The Bertz CT molecular complexity index is 105. The van der Waals surface area contributed by atoms with Crippen molar-refractivity contribution in [3.63, 3.8) is 0 Å². The van der Waals surface area contributed by atoms with Gasteiger partial charge in [-0.05, 0) is 24.9 Å². The van der Waals surface area contributed by atoms with Crippen LogP contribution in [-0.4, -0.2) is 34.3 Å². The largest absolute Gasteiger partial charge is 0.479 e. The van der Waals surface area contributed by atoms with Gasteiger partial charge in [0.2, 0.25) is 0 Å². The molecule has 0 saturated carbocycles. The third-order valence-corrected chi connectivity index (χ3v) is 1.81. The SMILES string of the molecule is CSCCCC(O)C(=O)O. The van der Waals surface area contributed by atoms with Crippen LogP contribution in [0.4, 0.5) is 0 Å². The summed E-state index contributed by atoms with van der Waals surface area (Å²) in [6.45, 7) is 0. The summed E-state index contributed by atoms with van der Waals surface area (Å²) >= 11 is 1.65. The van der Waals surface area contributed by atoms with E-state index in [2.05, 4.69) is 0 Å². The highest BCUT2D eigenvalue weighted by Gasteiger charge is 2.10. The molecule has 0 aliphatic rings. The Morgan fingerprint density at radius 2 is 2.30 bits per heavy atom. The zero-order valence-electron chi connectivity index (χ0n) is 5.91. The van der Waals surface area contributed by atoms with E-state index in [0.29, 0.717) is 6.42 Å². The van der Waals surface area contributed by atoms with Gasteiger partial charge in [0.05, 0.1) is 0 Å². The van der Waals surface area contributed by atoms with Crippen LogP contribution < -0.4 is 0 Å². The molecule has 10 heavy (non-hydrogen) atoms. The fourth-order valence-electron chi connectivity index (χ4n) is 0.544. The Morgan fingerprint density at radius 3 is 2.70 bits per heavy atom. The van der Waals surface area contributed by atoms with Gasteiger partial charge >= 0.3 is 5.97 Å². The molecule has 0 saturated heterocycles. The zero-order chi connectivity index (χ0) is 7.98. The summed E-state index contributed by atoms with van der Waals surface area (Å²) in [4.78, 5) is 10.0. The summed E-state index contributed by atoms with van der Waals surface area (Å²) in [6.07, 6.45) is 1.89. The molecule has 0 radical (unpaired) electrons. The molecule has 1 atom stereocenters. The maximum atomic E-state index is 10.0. The van der Waals surface area contributed by atoms with Gasteiger partial charge in [-0.2, -0.15) is 11.8 Å². The van der Waals surface area contributed by atoms with E-state index in [1.54, 1.807) is 11.8 Å².